The largest absolute Gasteiger partial charge is 0.493 e. The van der Waals surface area contributed by atoms with Gasteiger partial charge in [0.1, 0.15) is 18.3 Å². The molecular weight excluding hydrogens is 608 g/mol. The average molecular weight is 636 g/mol. The van der Waals surface area contributed by atoms with Gasteiger partial charge in [0.2, 0.25) is 5.17 Å². The maximum atomic E-state index is 13.0. The number of nitrogens with zero attached hydrogens (tertiary/aromatic N) is 3. The molecule has 3 aromatic carbocycles. The molecule has 210 valence electrons. The first-order valence-electron chi connectivity index (χ1n) is 12.8. The highest BCUT2D eigenvalue weighted by Gasteiger charge is 2.36. The summed E-state index contributed by atoms with van der Waals surface area (Å²) in [5.41, 5.74) is 2.80. The number of carbonyl (C=O) groups is 1. The molecule has 1 amide bonds. The normalized spacial score (nSPS) is 15.4. The number of ether oxygens (including phenoxy) is 4. The number of hydrogen-bond donors (Lipinski definition) is 1. The number of thioether (sulfide) groups is 1. The lowest BCUT2D eigenvalue weighted by molar-refractivity contribution is -0.114. The number of methoxy groups -OCH3 is 1. The molecule has 5 rings (SSSR count). The Hall–Kier alpha value is -4.09. The molecule has 1 N–H and O–H groups in total. The van der Waals surface area contributed by atoms with Crippen LogP contribution in [0.3, 0.4) is 0 Å². The number of nitrogens with one attached hydrogen (secondary N) is 1. The van der Waals surface area contributed by atoms with Crippen molar-refractivity contribution >= 4 is 55.7 Å². The van der Waals surface area contributed by atoms with E-state index in [-0.39, 0.29) is 24.6 Å². The fourth-order valence-electron chi connectivity index (χ4n) is 4.08. The van der Waals surface area contributed by atoms with Crippen LogP contribution in [0.25, 0.3) is 6.08 Å². The van der Waals surface area contributed by atoms with Crippen LogP contribution < -0.4 is 18.9 Å². The number of fused-ring (bicyclic) bond motifs is 1. The fourth-order valence-corrected chi connectivity index (χ4v) is 5.55. The van der Waals surface area contributed by atoms with E-state index in [1.165, 1.54) is 16.8 Å². The van der Waals surface area contributed by atoms with Crippen LogP contribution in [0.4, 0.5) is 0 Å². The number of hydrogen-bond acceptors (Lipinski definition) is 8. The molecule has 0 spiro atoms. The number of aliphatic imine (C=N–C) groups is 1. The molecule has 0 unspecified atom stereocenters. The molecule has 0 bridgehead atoms. The van der Waals surface area contributed by atoms with Gasteiger partial charge in [-0.05, 0) is 77.4 Å². The van der Waals surface area contributed by atoms with Gasteiger partial charge in [-0.2, -0.15) is 15.1 Å². The van der Waals surface area contributed by atoms with Crippen LogP contribution in [0.5, 0.6) is 23.0 Å². The molecule has 11 heteroatoms. The number of benzene rings is 3. The second-order valence-corrected chi connectivity index (χ2v) is 10.7. The lowest BCUT2D eigenvalue weighted by atomic mass is 10.1. The van der Waals surface area contributed by atoms with Gasteiger partial charge in [0.05, 0.1) is 23.8 Å². The van der Waals surface area contributed by atoms with Crippen molar-refractivity contribution in [3.63, 3.8) is 0 Å². The van der Waals surface area contributed by atoms with Crippen LogP contribution in [-0.4, -0.2) is 53.9 Å². The van der Waals surface area contributed by atoms with Crippen molar-refractivity contribution in [2.45, 2.75) is 13.8 Å². The van der Waals surface area contributed by atoms with Crippen LogP contribution in [0.15, 0.2) is 80.8 Å². The van der Waals surface area contributed by atoms with Gasteiger partial charge >= 0.3 is 0 Å². The summed E-state index contributed by atoms with van der Waals surface area (Å²) in [4.78, 5) is 17.2. The second kappa shape index (κ2) is 12.6. The summed E-state index contributed by atoms with van der Waals surface area (Å²) in [5.74, 6) is 1.72. The van der Waals surface area contributed by atoms with Crippen molar-refractivity contribution in [3.05, 3.63) is 87.4 Å². The van der Waals surface area contributed by atoms with Gasteiger partial charge in [-0.25, -0.2) is 0 Å². The first-order chi connectivity index (χ1) is 19.9. The smallest absolute Gasteiger partial charge is 0.283 e. The number of hydrazone groups is 1. The predicted molar refractivity (Wildman–Crippen MR) is 165 cm³/mol. The zero-order chi connectivity index (χ0) is 28.9. The number of carbonyl (C=O) groups excluding carboxylic acids is 1. The van der Waals surface area contributed by atoms with Crippen molar-refractivity contribution in [2.75, 3.05) is 26.9 Å². The van der Waals surface area contributed by atoms with E-state index in [1.807, 2.05) is 62.4 Å². The van der Waals surface area contributed by atoms with E-state index in [0.29, 0.717) is 49.9 Å². The number of amides is 1. The van der Waals surface area contributed by atoms with Crippen LogP contribution >= 0.6 is 27.7 Å². The summed E-state index contributed by atoms with van der Waals surface area (Å²) in [6.45, 7) is 4.84. The molecular formula is C30H27BrN4O5S. The Kier molecular flexibility index (Phi) is 8.75. The van der Waals surface area contributed by atoms with Crippen LogP contribution in [0.2, 0.25) is 0 Å². The van der Waals surface area contributed by atoms with E-state index in [1.54, 1.807) is 25.3 Å². The minimum absolute atomic E-state index is 0.0440. The monoisotopic (exact) mass is 634 g/mol. The van der Waals surface area contributed by atoms with Gasteiger partial charge in [0.25, 0.3) is 5.91 Å². The van der Waals surface area contributed by atoms with E-state index in [4.69, 9.17) is 24.4 Å². The summed E-state index contributed by atoms with van der Waals surface area (Å²) >= 11 is 4.84. The molecule has 0 aromatic heterocycles. The van der Waals surface area contributed by atoms with Crippen LogP contribution in [0, 0.1) is 12.3 Å². The third kappa shape index (κ3) is 6.31. The highest BCUT2D eigenvalue weighted by Crippen LogP contribution is 2.38. The topological polar surface area (TPSA) is 106 Å². The molecule has 2 heterocycles. The van der Waals surface area contributed by atoms with Gasteiger partial charge < -0.3 is 18.9 Å². The van der Waals surface area contributed by atoms with E-state index in [9.17, 15) is 4.79 Å². The summed E-state index contributed by atoms with van der Waals surface area (Å²) < 4.78 is 23.6. The van der Waals surface area contributed by atoms with Crippen molar-refractivity contribution in [2.24, 2.45) is 10.1 Å². The Bertz CT molecular complexity index is 1590. The van der Waals surface area contributed by atoms with Crippen molar-refractivity contribution < 1.29 is 23.7 Å². The van der Waals surface area contributed by atoms with Gasteiger partial charge in [-0.1, -0.05) is 42.0 Å². The SMILES string of the molecule is CCOc1cc(/C=C2/C(=N)N3N=C(c4ccc(C)cc4)SC3=NC2=O)cc(Br)c1OCCOc1ccccc1OC. The van der Waals surface area contributed by atoms with Gasteiger partial charge in [-0.3, -0.25) is 10.2 Å². The number of aryl methyl sites for hydroxylation is 1. The van der Waals surface area contributed by atoms with E-state index >= 15 is 0 Å². The molecule has 3 aromatic rings. The molecule has 0 saturated carbocycles. The van der Waals surface area contributed by atoms with E-state index in [2.05, 4.69) is 26.0 Å². The minimum Gasteiger partial charge on any atom is -0.493 e. The highest BCUT2D eigenvalue weighted by molar-refractivity contribution is 9.10. The zero-order valence-corrected chi connectivity index (χ0v) is 25.0. The molecule has 41 heavy (non-hydrogen) atoms. The van der Waals surface area contributed by atoms with Crippen molar-refractivity contribution in [1.29, 1.82) is 5.41 Å². The molecule has 0 atom stereocenters. The maximum Gasteiger partial charge on any atom is 0.283 e. The van der Waals surface area contributed by atoms with Gasteiger partial charge in [-0.15, -0.1) is 0 Å². The Morgan fingerprint density at radius 3 is 2.46 bits per heavy atom. The Labute approximate surface area is 250 Å². The van der Waals surface area contributed by atoms with Gasteiger partial charge in [0, 0.05) is 5.56 Å². The fraction of sp³-hybridized carbons (Fsp3) is 0.200. The predicted octanol–water partition coefficient (Wildman–Crippen LogP) is 6.29. The van der Waals surface area contributed by atoms with E-state index < -0.39 is 5.91 Å². The highest BCUT2D eigenvalue weighted by atomic mass is 79.9. The average Bonchev–Trinajstić information content (AvgIpc) is 3.39. The molecule has 2 aliphatic rings. The molecule has 9 nitrogen and oxygen atoms in total. The van der Waals surface area contributed by atoms with Crippen molar-refractivity contribution in [3.8, 4) is 23.0 Å². The number of amidine groups is 2. The van der Waals surface area contributed by atoms with Crippen molar-refractivity contribution in [1.82, 2.24) is 5.01 Å². The first kappa shape index (κ1) is 28.4. The van der Waals surface area contributed by atoms with Crippen LogP contribution in [-0.2, 0) is 4.79 Å². The first-order valence-corrected chi connectivity index (χ1v) is 14.4. The maximum absolute atomic E-state index is 13.0. The third-order valence-corrected chi connectivity index (χ3v) is 7.60. The number of rotatable bonds is 10. The minimum atomic E-state index is -0.503. The standard InChI is InChI=1S/C30H27BrN4O5S/c1-4-38-25-17-19(16-22(31)26(25)40-14-13-39-24-8-6-5-7-23(24)37-3)15-21-27(32)35-30(33-28(21)36)41-29(34-35)20-11-9-18(2)10-12-20/h5-12,15-17,32H,4,13-14H2,1-3H3/b21-15-,32-27?. The van der Waals surface area contributed by atoms with Crippen LogP contribution in [0.1, 0.15) is 23.6 Å². The summed E-state index contributed by atoms with van der Waals surface area (Å²) in [7, 11) is 1.59. The van der Waals surface area contributed by atoms with E-state index in [0.717, 1.165) is 11.1 Å². The quantitative estimate of drug-likeness (QED) is 0.206. The lowest BCUT2D eigenvalue weighted by Gasteiger charge is -2.20. The Morgan fingerprint density at radius 2 is 1.73 bits per heavy atom. The lowest BCUT2D eigenvalue weighted by Crippen LogP contribution is -2.35. The molecule has 0 saturated heterocycles. The third-order valence-electron chi connectivity index (χ3n) is 6.05. The zero-order valence-electron chi connectivity index (χ0n) is 22.6. The molecule has 2 aliphatic heterocycles. The molecule has 0 aliphatic carbocycles. The second-order valence-electron chi connectivity index (χ2n) is 8.90. The Balaban J connectivity index is 1.33. The summed E-state index contributed by atoms with van der Waals surface area (Å²) in [6.07, 6.45) is 1.61. The summed E-state index contributed by atoms with van der Waals surface area (Å²) in [6, 6.07) is 18.9. The number of halogens is 1. The van der Waals surface area contributed by atoms with Gasteiger partial charge in [0.15, 0.2) is 28.8 Å². The molecule has 0 radical (unpaired) electrons. The number of para-hydroxylation sites is 2. The molecule has 0 fully saturated rings. The summed E-state index contributed by atoms with van der Waals surface area (Å²) in [5, 5.41) is 15.7. The Morgan fingerprint density at radius 1 is 1.00 bits per heavy atom.